The van der Waals surface area contributed by atoms with Crippen molar-refractivity contribution in [3.63, 3.8) is 0 Å². The first kappa shape index (κ1) is 9.93. The van der Waals surface area contributed by atoms with E-state index in [2.05, 4.69) is 20.9 Å². The van der Waals surface area contributed by atoms with Gasteiger partial charge >= 0.3 is 0 Å². The number of aliphatic hydroxyl groups is 1. The fourth-order valence-corrected chi connectivity index (χ4v) is 1.61. The van der Waals surface area contributed by atoms with Crippen LogP contribution >= 0.6 is 15.9 Å². The molecule has 1 aliphatic carbocycles. The Balaban J connectivity index is 2.00. The van der Waals surface area contributed by atoms with Gasteiger partial charge in [-0.1, -0.05) is 0 Å². The Labute approximate surface area is 91.2 Å². The van der Waals surface area contributed by atoms with Crippen molar-refractivity contribution in [3.8, 4) is 5.88 Å². The molecule has 1 aromatic rings. The van der Waals surface area contributed by atoms with E-state index in [0.717, 1.165) is 23.0 Å². The standard InChI is InChI=1S/C10H12BrNO2/c1-6-9(11)2-3-10(12-6)14-8-4-7(13)5-8/h2-3,7-8,13H,4-5H2,1H3/t7-,8+. The summed E-state index contributed by atoms with van der Waals surface area (Å²) in [6.07, 6.45) is 1.39. The highest BCUT2D eigenvalue weighted by atomic mass is 79.9. The lowest BCUT2D eigenvalue weighted by Gasteiger charge is -2.31. The summed E-state index contributed by atoms with van der Waals surface area (Å²) in [5.74, 6) is 0.641. The number of nitrogens with zero attached hydrogens (tertiary/aromatic N) is 1. The second-order valence-corrected chi connectivity index (χ2v) is 4.44. The van der Waals surface area contributed by atoms with E-state index in [1.54, 1.807) is 0 Å². The van der Waals surface area contributed by atoms with E-state index >= 15 is 0 Å². The summed E-state index contributed by atoms with van der Waals surface area (Å²) in [6, 6.07) is 3.76. The highest BCUT2D eigenvalue weighted by Gasteiger charge is 2.29. The number of pyridine rings is 1. The van der Waals surface area contributed by atoms with Crippen LogP contribution in [0.2, 0.25) is 0 Å². The van der Waals surface area contributed by atoms with E-state index < -0.39 is 0 Å². The first-order chi connectivity index (χ1) is 6.65. The van der Waals surface area contributed by atoms with Crippen molar-refractivity contribution < 1.29 is 9.84 Å². The smallest absolute Gasteiger partial charge is 0.213 e. The van der Waals surface area contributed by atoms with Crippen molar-refractivity contribution in [2.24, 2.45) is 0 Å². The fourth-order valence-electron chi connectivity index (χ4n) is 1.39. The van der Waals surface area contributed by atoms with Crippen LogP contribution < -0.4 is 4.74 Å². The van der Waals surface area contributed by atoms with Crippen molar-refractivity contribution in [1.82, 2.24) is 4.98 Å². The predicted molar refractivity (Wildman–Crippen MR) is 56.3 cm³/mol. The van der Waals surface area contributed by atoms with Crippen LogP contribution in [0.5, 0.6) is 5.88 Å². The number of hydrogen-bond donors (Lipinski definition) is 1. The number of aliphatic hydroxyl groups excluding tert-OH is 1. The molecule has 0 aliphatic heterocycles. The summed E-state index contributed by atoms with van der Waals surface area (Å²) in [5.41, 5.74) is 0.919. The largest absolute Gasteiger partial charge is 0.474 e. The van der Waals surface area contributed by atoms with E-state index in [1.165, 1.54) is 0 Å². The Morgan fingerprint density at radius 2 is 2.21 bits per heavy atom. The second-order valence-electron chi connectivity index (χ2n) is 3.58. The molecule has 1 N–H and O–H groups in total. The molecule has 1 fully saturated rings. The van der Waals surface area contributed by atoms with Crippen LogP contribution in [-0.4, -0.2) is 22.3 Å². The van der Waals surface area contributed by atoms with Crippen molar-refractivity contribution in [2.75, 3.05) is 0 Å². The van der Waals surface area contributed by atoms with Gasteiger partial charge in [0, 0.05) is 23.4 Å². The van der Waals surface area contributed by atoms with Crippen LogP contribution in [0.15, 0.2) is 16.6 Å². The zero-order valence-corrected chi connectivity index (χ0v) is 9.49. The minimum atomic E-state index is -0.184. The van der Waals surface area contributed by atoms with Gasteiger partial charge in [-0.15, -0.1) is 0 Å². The highest BCUT2D eigenvalue weighted by molar-refractivity contribution is 9.10. The molecule has 0 spiro atoms. The zero-order chi connectivity index (χ0) is 10.1. The number of aromatic nitrogens is 1. The van der Waals surface area contributed by atoms with Crippen molar-refractivity contribution in [1.29, 1.82) is 0 Å². The average molecular weight is 258 g/mol. The fraction of sp³-hybridized carbons (Fsp3) is 0.500. The van der Waals surface area contributed by atoms with Gasteiger partial charge in [0.1, 0.15) is 6.10 Å². The molecule has 1 heterocycles. The maximum Gasteiger partial charge on any atom is 0.213 e. The van der Waals surface area contributed by atoms with Crippen molar-refractivity contribution >= 4 is 15.9 Å². The number of hydrogen-bond acceptors (Lipinski definition) is 3. The van der Waals surface area contributed by atoms with Crippen LogP contribution in [0.1, 0.15) is 18.5 Å². The summed E-state index contributed by atoms with van der Waals surface area (Å²) >= 11 is 3.38. The molecule has 1 aliphatic rings. The summed E-state index contributed by atoms with van der Waals surface area (Å²) in [4.78, 5) is 4.27. The molecule has 0 unspecified atom stereocenters. The molecule has 1 saturated carbocycles. The van der Waals surface area contributed by atoms with Crippen molar-refractivity contribution in [3.05, 3.63) is 22.3 Å². The van der Waals surface area contributed by atoms with E-state index in [9.17, 15) is 0 Å². The molecule has 0 saturated heterocycles. The Morgan fingerprint density at radius 3 is 2.79 bits per heavy atom. The van der Waals surface area contributed by atoms with Gasteiger partial charge in [0.05, 0.1) is 11.8 Å². The number of halogens is 1. The second kappa shape index (κ2) is 3.87. The summed E-state index contributed by atoms with van der Waals surface area (Å²) in [7, 11) is 0. The Kier molecular flexibility index (Phi) is 2.74. The quantitative estimate of drug-likeness (QED) is 0.882. The van der Waals surface area contributed by atoms with Gasteiger partial charge < -0.3 is 9.84 Å². The minimum absolute atomic E-state index is 0.137. The molecule has 76 valence electrons. The van der Waals surface area contributed by atoms with Gasteiger partial charge in [0.2, 0.25) is 5.88 Å². The number of rotatable bonds is 2. The van der Waals surface area contributed by atoms with Crippen molar-refractivity contribution in [2.45, 2.75) is 32.0 Å². The van der Waals surface area contributed by atoms with Crippen LogP contribution in [0, 0.1) is 6.92 Å². The molecule has 0 amide bonds. The number of ether oxygens (including phenoxy) is 1. The summed E-state index contributed by atoms with van der Waals surface area (Å²) in [5, 5.41) is 9.09. The monoisotopic (exact) mass is 257 g/mol. The maximum absolute atomic E-state index is 9.09. The average Bonchev–Trinajstić information content (AvgIpc) is 2.09. The molecular formula is C10H12BrNO2. The van der Waals surface area contributed by atoms with Crippen LogP contribution in [-0.2, 0) is 0 Å². The molecule has 3 nitrogen and oxygen atoms in total. The third-order valence-electron chi connectivity index (χ3n) is 2.35. The highest BCUT2D eigenvalue weighted by Crippen LogP contribution is 2.26. The first-order valence-electron chi connectivity index (χ1n) is 4.63. The molecule has 0 aromatic carbocycles. The Morgan fingerprint density at radius 1 is 1.50 bits per heavy atom. The molecule has 0 bridgehead atoms. The van der Waals surface area contributed by atoms with Crippen LogP contribution in [0.3, 0.4) is 0 Å². The molecule has 0 radical (unpaired) electrons. The lowest BCUT2D eigenvalue weighted by Crippen LogP contribution is -2.37. The normalized spacial score (nSPS) is 25.6. The topological polar surface area (TPSA) is 42.4 Å². The Bertz CT molecular complexity index is 337. The number of aryl methyl sites for hydroxylation is 1. The lowest BCUT2D eigenvalue weighted by molar-refractivity contribution is -0.0128. The molecule has 0 atom stereocenters. The van der Waals surface area contributed by atoms with Crippen LogP contribution in [0.25, 0.3) is 0 Å². The van der Waals surface area contributed by atoms with E-state index in [1.807, 2.05) is 19.1 Å². The van der Waals surface area contributed by atoms with Gasteiger partial charge in [-0.25, -0.2) is 4.98 Å². The molecule has 4 heteroatoms. The minimum Gasteiger partial charge on any atom is -0.474 e. The maximum atomic E-state index is 9.09. The predicted octanol–water partition coefficient (Wildman–Crippen LogP) is 2.05. The molecule has 1 aromatic heterocycles. The van der Waals surface area contributed by atoms with Gasteiger partial charge in [0.15, 0.2) is 0 Å². The van der Waals surface area contributed by atoms with Gasteiger partial charge in [0.25, 0.3) is 0 Å². The summed E-state index contributed by atoms with van der Waals surface area (Å²) < 4.78 is 6.55. The van der Waals surface area contributed by atoms with E-state index in [4.69, 9.17) is 9.84 Å². The molecule has 14 heavy (non-hydrogen) atoms. The Hall–Kier alpha value is -0.610. The third-order valence-corrected chi connectivity index (χ3v) is 3.19. The SMILES string of the molecule is Cc1nc(O[C@H]2C[C@@H](O)C2)ccc1Br. The zero-order valence-electron chi connectivity index (χ0n) is 7.90. The lowest BCUT2D eigenvalue weighted by atomic mass is 9.92. The molecular weight excluding hydrogens is 246 g/mol. The van der Waals surface area contributed by atoms with Gasteiger partial charge in [-0.05, 0) is 28.9 Å². The third kappa shape index (κ3) is 2.07. The molecule has 2 rings (SSSR count). The van der Waals surface area contributed by atoms with E-state index in [-0.39, 0.29) is 12.2 Å². The van der Waals surface area contributed by atoms with E-state index in [0.29, 0.717) is 5.88 Å². The van der Waals surface area contributed by atoms with Gasteiger partial charge in [-0.2, -0.15) is 0 Å². The van der Waals surface area contributed by atoms with Gasteiger partial charge in [-0.3, -0.25) is 0 Å². The first-order valence-corrected chi connectivity index (χ1v) is 5.42. The summed E-state index contributed by atoms with van der Waals surface area (Å²) in [6.45, 7) is 1.92. The van der Waals surface area contributed by atoms with Crippen LogP contribution in [0.4, 0.5) is 0 Å².